The number of nitro groups is 1. The largest absolute Gasteiger partial charge is 0.490 e. The first-order chi connectivity index (χ1) is 13.5. The van der Waals surface area contributed by atoms with E-state index in [-0.39, 0.29) is 11.4 Å². The second-order valence-corrected chi connectivity index (χ2v) is 5.81. The highest BCUT2D eigenvalue weighted by atomic mass is 16.6. The maximum Gasteiger partial charge on any atom is 0.344 e. The standard InChI is InChI=1S/C19H17NO8/c21-15(13-6-7-17-18(10-13)26-9-3-8-25-17)11-28-19(22)12-27-16-5-2-1-4-14(16)20(23)24/h1-2,4-7,10H,3,8-9,11-12H2. The van der Waals surface area contributed by atoms with Gasteiger partial charge in [0.1, 0.15) is 0 Å². The van der Waals surface area contributed by atoms with Crippen molar-refractivity contribution in [2.45, 2.75) is 6.42 Å². The lowest BCUT2D eigenvalue weighted by molar-refractivity contribution is -0.385. The summed E-state index contributed by atoms with van der Waals surface area (Å²) in [6.07, 6.45) is 0.745. The number of nitrogens with zero attached hydrogens (tertiary/aromatic N) is 1. The lowest BCUT2D eigenvalue weighted by Crippen LogP contribution is -2.19. The average molecular weight is 387 g/mol. The minimum atomic E-state index is -0.819. The van der Waals surface area contributed by atoms with Crippen molar-refractivity contribution < 1.29 is 33.5 Å². The van der Waals surface area contributed by atoms with Crippen molar-refractivity contribution in [3.8, 4) is 17.2 Å². The number of nitro benzene ring substituents is 1. The lowest BCUT2D eigenvalue weighted by atomic mass is 10.1. The van der Waals surface area contributed by atoms with Crippen molar-refractivity contribution >= 4 is 17.4 Å². The molecule has 0 N–H and O–H groups in total. The Labute approximate surface area is 159 Å². The summed E-state index contributed by atoms with van der Waals surface area (Å²) in [6.45, 7) is -0.0158. The molecule has 0 bridgehead atoms. The summed E-state index contributed by atoms with van der Waals surface area (Å²) in [4.78, 5) is 34.3. The van der Waals surface area contributed by atoms with Crippen LogP contribution in [0.2, 0.25) is 0 Å². The summed E-state index contributed by atoms with van der Waals surface area (Å²) >= 11 is 0. The molecule has 3 rings (SSSR count). The van der Waals surface area contributed by atoms with E-state index in [9.17, 15) is 19.7 Å². The monoisotopic (exact) mass is 387 g/mol. The van der Waals surface area contributed by atoms with Gasteiger partial charge in [0.15, 0.2) is 36.2 Å². The van der Waals surface area contributed by atoms with Gasteiger partial charge in [0.2, 0.25) is 0 Å². The van der Waals surface area contributed by atoms with Gasteiger partial charge in [-0.2, -0.15) is 0 Å². The predicted molar refractivity (Wildman–Crippen MR) is 95.9 cm³/mol. The van der Waals surface area contributed by atoms with E-state index in [2.05, 4.69) is 0 Å². The van der Waals surface area contributed by atoms with E-state index in [4.69, 9.17) is 18.9 Å². The number of hydrogen-bond acceptors (Lipinski definition) is 8. The van der Waals surface area contributed by atoms with Gasteiger partial charge in [-0.25, -0.2) is 4.79 Å². The molecule has 1 aliphatic heterocycles. The number of esters is 1. The molecule has 2 aromatic rings. The third-order valence-electron chi connectivity index (χ3n) is 3.84. The van der Waals surface area contributed by atoms with Crippen LogP contribution < -0.4 is 14.2 Å². The number of hydrogen-bond donors (Lipinski definition) is 0. The van der Waals surface area contributed by atoms with Gasteiger partial charge in [-0.1, -0.05) is 12.1 Å². The molecule has 0 saturated carbocycles. The minimum Gasteiger partial charge on any atom is -0.490 e. The Balaban J connectivity index is 1.53. The molecule has 146 valence electrons. The van der Waals surface area contributed by atoms with Gasteiger partial charge in [-0.05, 0) is 24.3 Å². The molecule has 0 spiro atoms. The van der Waals surface area contributed by atoms with E-state index in [0.717, 1.165) is 6.42 Å². The van der Waals surface area contributed by atoms with Crippen molar-refractivity contribution in [3.63, 3.8) is 0 Å². The van der Waals surface area contributed by atoms with Crippen LogP contribution in [0.1, 0.15) is 16.8 Å². The number of fused-ring (bicyclic) bond motifs is 1. The summed E-state index contributed by atoms with van der Waals surface area (Å²) in [5, 5.41) is 10.9. The third-order valence-corrected chi connectivity index (χ3v) is 3.84. The van der Waals surface area contributed by atoms with Crippen molar-refractivity contribution in [3.05, 3.63) is 58.1 Å². The third kappa shape index (κ3) is 4.76. The lowest BCUT2D eigenvalue weighted by Gasteiger charge is -2.09. The fourth-order valence-corrected chi connectivity index (χ4v) is 2.47. The number of ketones is 1. The quantitative estimate of drug-likeness (QED) is 0.308. The second-order valence-electron chi connectivity index (χ2n) is 5.81. The molecule has 1 aliphatic rings. The molecular formula is C19H17NO8. The van der Waals surface area contributed by atoms with Crippen LogP contribution in [0.25, 0.3) is 0 Å². The number of Topliss-reactive ketones (excluding diaryl/α,β-unsaturated/α-hetero) is 1. The zero-order chi connectivity index (χ0) is 19.9. The smallest absolute Gasteiger partial charge is 0.344 e. The zero-order valence-corrected chi connectivity index (χ0v) is 14.8. The van der Waals surface area contributed by atoms with Crippen molar-refractivity contribution in [1.82, 2.24) is 0 Å². The molecule has 9 heteroatoms. The summed E-state index contributed by atoms with van der Waals surface area (Å²) < 4.78 is 21.0. The Kier molecular flexibility index (Phi) is 6.05. The fourth-order valence-electron chi connectivity index (χ4n) is 2.47. The highest BCUT2D eigenvalue weighted by Crippen LogP contribution is 2.30. The van der Waals surface area contributed by atoms with Crippen LogP contribution in [0.15, 0.2) is 42.5 Å². The summed E-state index contributed by atoms with van der Waals surface area (Å²) in [7, 11) is 0. The molecule has 9 nitrogen and oxygen atoms in total. The topological polar surface area (TPSA) is 114 Å². The van der Waals surface area contributed by atoms with Crippen LogP contribution in [0, 0.1) is 10.1 Å². The summed E-state index contributed by atoms with van der Waals surface area (Å²) in [6, 6.07) is 10.4. The van der Waals surface area contributed by atoms with Gasteiger partial charge < -0.3 is 18.9 Å². The molecule has 0 aliphatic carbocycles. The Morgan fingerprint density at radius 1 is 1.04 bits per heavy atom. The van der Waals surface area contributed by atoms with E-state index >= 15 is 0 Å². The molecule has 0 saturated heterocycles. The molecule has 0 fully saturated rings. The van der Waals surface area contributed by atoms with Crippen LogP contribution in [-0.2, 0) is 9.53 Å². The molecule has 0 amide bonds. The van der Waals surface area contributed by atoms with Crippen LogP contribution in [-0.4, -0.2) is 43.1 Å². The first-order valence-electron chi connectivity index (χ1n) is 8.49. The van der Waals surface area contributed by atoms with Crippen molar-refractivity contribution in [2.24, 2.45) is 0 Å². The Morgan fingerprint density at radius 2 is 1.79 bits per heavy atom. The number of benzene rings is 2. The zero-order valence-electron chi connectivity index (χ0n) is 14.8. The maximum atomic E-state index is 12.2. The normalized spacial score (nSPS) is 12.6. The van der Waals surface area contributed by atoms with Gasteiger partial charge in [0, 0.05) is 18.1 Å². The summed E-state index contributed by atoms with van der Waals surface area (Å²) in [5.74, 6) is -0.271. The van der Waals surface area contributed by atoms with Gasteiger partial charge in [0.05, 0.1) is 18.1 Å². The number of rotatable bonds is 7. The first kappa shape index (κ1) is 19.2. The molecule has 0 atom stereocenters. The van der Waals surface area contributed by atoms with Crippen LogP contribution >= 0.6 is 0 Å². The SMILES string of the molecule is O=C(COc1ccccc1[N+](=O)[O-])OCC(=O)c1ccc2c(c1)OCCCO2. The average Bonchev–Trinajstić information content (AvgIpc) is 2.95. The van der Waals surface area contributed by atoms with Gasteiger partial charge in [-0.15, -0.1) is 0 Å². The van der Waals surface area contributed by atoms with Gasteiger partial charge >= 0.3 is 11.7 Å². The Bertz CT molecular complexity index is 895. The maximum absolute atomic E-state index is 12.2. The van der Waals surface area contributed by atoms with Crippen LogP contribution in [0.4, 0.5) is 5.69 Å². The fraction of sp³-hybridized carbons (Fsp3) is 0.263. The number of ether oxygens (including phenoxy) is 4. The predicted octanol–water partition coefficient (Wildman–Crippen LogP) is 2.56. The van der Waals surface area contributed by atoms with E-state index in [0.29, 0.717) is 30.3 Å². The molecule has 2 aromatic carbocycles. The van der Waals surface area contributed by atoms with Crippen molar-refractivity contribution in [2.75, 3.05) is 26.4 Å². The summed E-state index contributed by atoms with van der Waals surface area (Å²) in [5.41, 5.74) is 0.0511. The number of para-hydroxylation sites is 2. The van der Waals surface area contributed by atoms with Gasteiger partial charge in [-0.3, -0.25) is 14.9 Å². The second kappa shape index (κ2) is 8.85. The highest BCUT2D eigenvalue weighted by Gasteiger charge is 2.18. The first-order valence-corrected chi connectivity index (χ1v) is 8.49. The molecular weight excluding hydrogens is 370 g/mol. The molecule has 0 radical (unpaired) electrons. The Hall–Kier alpha value is -3.62. The molecule has 0 unspecified atom stereocenters. The van der Waals surface area contributed by atoms with Gasteiger partial charge in [0.25, 0.3) is 0 Å². The minimum absolute atomic E-state index is 0.0568. The van der Waals surface area contributed by atoms with Crippen LogP contribution in [0.5, 0.6) is 17.2 Å². The van der Waals surface area contributed by atoms with Crippen LogP contribution in [0.3, 0.4) is 0 Å². The van der Waals surface area contributed by atoms with E-state index < -0.39 is 29.9 Å². The molecule has 1 heterocycles. The highest BCUT2D eigenvalue weighted by molar-refractivity contribution is 5.98. The molecule has 28 heavy (non-hydrogen) atoms. The number of carbonyl (C=O) groups excluding carboxylic acids is 2. The van der Waals surface area contributed by atoms with E-state index in [1.165, 1.54) is 18.2 Å². The van der Waals surface area contributed by atoms with E-state index in [1.54, 1.807) is 24.3 Å². The van der Waals surface area contributed by atoms with E-state index in [1.807, 2.05) is 0 Å². The molecule has 0 aromatic heterocycles. The van der Waals surface area contributed by atoms with Crippen molar-refractivity contribution in [1.29, 1.82) is 0 Å². The Morgan fingerprint density at radius 3 is 2.57 bits per heavy atom. The number of carbonyl (C=O) groups is 2.